The summed E-state index contributed by atoms with van der Waals surface area (Å²) in [6.45, 7) is 0. The van der Waals surface area contributed by atoms with Gasteiger partial charge >= 0.3 is 0 Å². The Morgan fingerprint density at radius 3 is 2.14 bits per heavy atom. The molecular weight excluding hydrogens is 440 g/mol. The number of hydrogen-bond acceptors (Lipinski definition) is 3. The Labute approximate surface area is 208 Å². The first-order valence-electron chi connectivity index (χ1n) is 12.0. The maximum absolute atomic E-state index is 9.52. The number of nitrogens with zero attached hydrogens (tertiary/aromatic N) is 4. The van der Waals surface area contributed by atoms with Gasteiger partial charge in [0.15, 0.2) is 0 Å². The molecular formula is C32H20N4. The van der Waals surface area contributed by atoms with Crippen LogP contribution in [0.1, 0.15) is 17.0 Å². The third-order valence-corrected chi connectivity index (χ3v) is 7.35. The van der Waals surface area contributed by atoms with Crippen LogP contribution < -0.4 is 4.90 Å². The second-order valence-electron chi connectivity index (χ2n) is 9.25. The van der Waals surface area contributed by atoms with Crippen molar-refractivity contribution in [1.29, 1.82) is 10.5 Å². The van der Waals surface area contributed by atoms with E-state index < -0.39 is 0 Å². The van der Waals surface area contributed by atoms with E-state index in [4.69, 9.17) is 0 Å². The lowest BCUT2D eigenvalue weighted by atomic mass is 9.88. The Bertz CT molecular complexity index is 1790. The molecule has 2 aliphatic rings. The van der Waals surface area contributed by atoms with Crippen LogP contribution in [0.2, 0.25) is 0 Å². The summed E-state index contributed by atoms with van der Waals surface area (Å²) in [6.07, 6.45) is 6.05. The van der Waals surface area contributed by atoms with Crippen molar-refractivity contribution in [1.82, 2.24) is 4.57 Å². The molecule has 1 aromatic heterocycles. The topological polar surface area (TPSA) is 55.8 Å². The van der Waals surface area contributed by atoms with Crippen molar-refractivity contribution in [3.63, 3.8) is 0 Å². The minimum Gasteiger partial charge on any atom is -0.333 e. The zero-order chi connectivity index (χ0) is 24.2. The van der Waals surface area contributed by atoms with E-state index in [1.54, 1.807) is 0 Å². The van der Waals surface area contributed by atoms with Gasteiger partial charge in [-0.15, -0.1) is 0 Å². The van der Waals surface area contributed by atoms with Crippen molar-refractivity contribution in [2.24, 2.45) is 0 Å². The van der Waals surface area contributed by atoms with Crippen LogP contribution in [-0.4, -0.2) is 10.6 Å². The van der Waals surface area contributed by atoms with E-state index in [-0.39, 0.29) is 12.0 Å². The zero-order valence-electron chi connectivity index (χ0n) is 19.3. The summed E-state index contributed by atoms with van der Waals surface area (Å²) in [5.41, 5.74) is 7.96. The Morgan fingerprint density at radius 1 is 0.694 bits per heavy atom. The van der Waals surface area contributed by atoms with Crippen LogP contribution in [0.4, 0.5) is 11.4 Å². The molecule has 4 heteroatoms. The van der Waals surface area contributed by atoms with Crippen LogP contribution in [0.15, 0.2) is 115 Å². The van der Waals surface area contributed by atoms with Crippen molar-refractivity contribution in [2.45, 2.75) is 12.0 Å². The van der Waals surface area contributed by atoms with E-state index in [1.165, 1.54) is 21.8 Å². The molecule has 4 nitrogen and oxygen atoms in total. The largest absolute Gasteiger partial charge is 0.333 e. The molecule has 0 amide bonds. The molecule has 1 aliphatic heterocycles. The highest BCUT2D eigenvalue weighted by Crippen LogP contribution is 2.49. The van der Waals surface area contributed by atoms with Crippen molar-refractivity contribution >= 4 is 33.2 Å². The minimum absolute atomic E-state index is 0.0184. The average Bonchev–Trinajstić information content (AvgIpc) is 3.45. The van der Waals surface area contributed by atoms with Crippen LogP contribution >= 0.6 is 0 Å². The van der Waals surface area contributed by atoms with Crippen molar-refractivity contribution in [3.05, 3.63) is 126 Å². The Kier molecular flexibility index (Phi) is 4.37. The monoisotopic (exact) mass is 460 g/mol. The van der Waals surface area contributed by atoms with Gasteiger partial charge in [-0.1, -0.05) is 54.6 Å². The summed E-state index contributed by atoms with van der Waals surface area (Å²) in [7, 11) is 0. The molecule has 0 fully saturated rings. The van der Waals surface area contributed by atoms with Crippen LogP contribution in [0.3, 0.4) is 0 Å². The Hall–Kier alpha value is -5.06. The van der Waals surface area contributed by atoms with Gasteiger partial charge in [0.1, 0.15) is 0 Å². The fourth-order valence-corrected chi connectivity index (χ4v) is 5.83. The smallest absolute Gasteiger partial charge is 0.0991 e. The number of para-hydroxylation sites is 2. The predicted octanol–water partition coefficient (Wildman–Crippen LogP) is 7.28. The summed E-state index contributed by atoms with van der Waals surface area (Å²) < 4.78 is 2.33. The summed E-state index contributed by atoms with van der Waals surface area (Å²) in [6, 6.07) is 36.1. The molecule has 0 spiro atoms. The van der Waals surface area contributed by atoms with E-state index in [1.807, 2.05) is 30.4 Å². The second kappa shape index (κ2) is 7.73. The van der Waals surface area contributed by atoms with Gasteiger partial charge in [0.2, 0.25) is 0 Å². The van der Waals surface area contributed by atoms with Crippen molar-refractivity contribution < 1.29 is 0 Å². The third-order valence-electron chi connectivity index (χ3n) is 7.35. The van der Waals surface area contributed by atoms with Gasteiger partial charge in [-0.25, -0.2) is 0 Å². The van der Waals surface area contributed by atoms with Gasteiger partial charge in [0.25, 0.3) is 0 Å². The molecule has 36 heavy (non-hydrogen) atoms. The normalized spacial score (nSPS) is 17.9. The van der Waals surface area contributed by atoms with Gasteiger partial charge in [-0.3, -0.25) is 0 Å². The highest BCUT2D eigenvalue weighted by Gasteiger charge is 2.38. The molecule has 4 aromatic carbocycles. The molecule has 168 valence electrons. The fourth-order valence-electron chi connectivity index (χ4n) is 5.83. The van der Waals surface area contributed by atoms with Gasteiger partial charge in [-0.2, -0.15) is 10.5 Å². The first-order valence-corrected chi connectivity index (χ1v) is 12.0. The molecule has 0 radical (unpaired) electrons. The van der Waals surface area contributed by atoms with Gasteiger partial charge in [0.05, 0.1) is 34.8 Å². The maximum Gasteiger partial charge on any atom is 0.0991 e. The Morgan fingerprint density at radius 2 is 1.42 bits per heavy atom. The molecule has 2 heterocycles. The highest BCUT2D eigenvalue weighted by molar-refractivity contribution is 6.09. The number of fused-ring (bicyclic) bond motifs is 6. The molecule has 0 N–H and O–H groups in total. The lowest BCUT2D eigenvalue weighted by Gasteiger charge is -2.29. The lowest BCUT2D eigenvalue weighted by Crippen LogP contribution is -2.29. The van der Waals surface area contributed by atoms with Crippen LogP contribution in [-0.2, 0) is 0 Å². The first kappa shape index (κ1) is 20.3. The number of anilines is 2. The molecule has 2 atom stereocenters. The molecule has 7 rings (SSSR count). The SMILES string of the molecule is N#CC1=CC2c3cc(C#N)ccc3N(c3cccc(-n4c5ccccc5c5ccccc54)c3)C2C=C1. The zero-order valence-corrected chi connectivity index (χ0v) is 19.3. The first-order chi connectivity index (χ1) is 17.8. The molecule has 1 aliphatic carbocycles. The van der Waals surface area contributed by atoms with Gasteiger partial charge in [0, 0.05) is 39.3 Å². The number of allylic oxidation sites excluding steroid dienone is 2. The number of rotatable bonds is 2. The van der Waals surface area contributed by atoms with Gasteiger partial charge in [-0.05, 0) is 60.2 Å². The minimum atomic E-state index is 0.0184. The number of nitriles is 2. The summed E-state index contributed by atoms with van der Waals surface area (Å²) in [5.74, 6) is 0.0184. The standard InChI is InChI=1S/C32H20N4/c33-19-21-12-14-31-27(16-21)28-17-22(20-34)13-15-32(28)36(31)24-7-5-6-23(18-24)35-29-10-3-1-8-25(29)26-9-2-4-11-30(26)35/h1-18,27,31H. The number of hydrogen-bond donors (Lipinski definition) is 0. The Balaban J connectivity index is 1.43. The molecule has 0 saturated heterocycles. The van der Waals surface area contributed by atoms with Gasteiger partial charge < -0.3 is 9.47 Å². The fraction of sp³-hybridized carbons (Fsp3) is 0.0625. The van der Waals surface area contributed by atoms with Crippen LogP contribution in [0.25, 0.3) is 27.5 Å². The van der Waals surface area contributed by atoms with E-state index >= 15 is 0 Å². The molecule has 2 unspecified atom stereocenters. The van der Waals surface area contributed by atoms with E-state index in [9.17, 15) is 10.5 Å². The van der Waals surface area contributed by atoms with E-state index in [0.29, 0.717) is 11.1 Å². The van der Waals surface area contributed by atoms with Crippen LogP contribution in [0, 0.1) is 22.7 Å². The summed E-state index contributed by atoms with van der Waals surface area (Å²) >= 11 is 0. The second-order valence-corrected chi connectivity index (χ2v) is 9.25. The van der Waals surface area contributed by atoms with Crippen molar-refractivity contribution in [2.75, 3.05) is 4.90 Å². The summed E-state index contributed by atoms with van der Waals surface area (Å²) in [5, 5.41) is 21.5. The predicted molar refractivity (Wildman–Crippen MR) is 143 cm³/mol. The molecule has 0 bridgehead atoms. The quantitative estimate of drug-likeness (QED) is 0.278. The summed E-state index contributed by atoms with van der Waals surface area (Å²) in [4.78, 5) is 2.33. The molecule has 5 aromatic rings. The molecule has 0 saturated carbocycles. The average molecular weight is 461 g/mol. The maximum atomic E-state index is 9.52. The van der Waals surface area contributed by atoms with Crippen molar-refractivity contribution in [3.8, 4) is 17.8 Å². The van der Waals surface area contributed by atoms with E-state index in [0.717, 1.165) is 22.6 Å². The van der Waals surface area contributed by atoms with Crippen LogP contribution in [0.5, 0.6) is 0 Å². The van der Waals surface area contributed by atoms with E-state index in [2.05, 4.69) is 100 Å². The third kappa shape index (κ3) is 2.86. The number of benzene rings is 4. The lowest BCUT2D eigenvalue weighted by molar-refractivity contribution is 0.741. The number of aromatic nitrogens is 1. The highest BCUT2D eigenvalue weighted by atomic mass is 15.2.